The molecule has 0 saturated heterocycles. The lowest BCUT2D eigenvalue weighted by molar-refractivity contribution is -0.136. The summed E-state index contributed by atoms with van der Waals surface area (Å²) >= 11 is 0. The van der Waals surface area contributed by atoms with E-state index in [1.165, 1.54) is 5.56 Å². The van der Waals surface area contributed by atoms with E-state index in [2.05, 4.69) is 24.3 Å². The van der Waals surface area contributed by atoms with E-state index < -0.39 is 0 Å². The van der Waals surface area contributed by atoms with Gasteiger partial charge in [0.05, 0.1) is 7.11 Å². The molecule has 1 aliphatic carbocycles. The molecule has 0 aromatic heterocycles. The predicted octanol–water partition coefficient (Wildman–Crippen LogP) is 3.82. The van der Waals surface area contributed by atoms with Gasteiger partial charge in [0.15, 0.2) is 0 Å². The predicted molar refractivity (Wildman–Crippen MR) is 111 cm³/mol. The van der Waals surface area contributed by atoms with E-state index in [1.54, 1.807) is 7.11 Å². The molecule has 27 heavy (non-hydrogen) atoms. The van der Waals surface area contributed by atoms with Crippen LogP contribution in [0.2, 0.25) is 0 Å². The number of carbonyl (C=O) groups excluding carboxylic acids is 1. The Kier molecular flexibility index (Phi) is 8.14. The van der Waals surface area contributed by atoms with Gasteiger partial charge in [0, 0.05) is 25.0 Å². The normalized spacial score (nSPS) is 18.6. The van der Waals surface area contributed by atoms with E-state index in [0.29, 0.717) is 13.1 Å². The third-order valence-corrected chi connectivity index (χ3v) is 5.18. The highest BCUT2D eigenvalue weighted by atomic mass is 35.5. The first-order valence-corrected chi connectivity index (χ1v) is 9.37. The highest BCUT2D eigenvalue weighted by Gasteiger charge is 2.30. The van der Waals surface area contributed by atoms with Crippen LogP contribution < -0.4 is 10.5 Å². The fraction of sp³-hybridized carbons (Fsp3) is 0.409. The number of amides is 1. The Hall–Kier alpha value is -2.04. The summed E-state index contributed by atoms with van der Waals surface area (Å²) in [6.07, 6.45) is 3.51. The minimum absolute atomic E-state index is 0. The maximum absolute atomic E-state index is 13.1. The number of nitrogens with zero attached hydrogens (tertiary/aromatic N) is 1. The Labute approximate surface area is 168 Å². The van der Waals surface area contributed by atoms with Crippen LogP contribution in [0.3, 0.4) is 0 Å². The quantitative estimate of drug-likeness (QED) is 0.784. The summed E-state index contributed by atoms with van der Waals surface area (Å²) in [5, 5.41) is 0. The summed E-state index contributed by atoms with van der Waals surface area (Å²) in [6.45, 7) is 1.37. The molecule has 2 unspecified atom stereocenters. The Morgan fingerprint density at radius 3 is 2.37 bits per heavy atom. The molecule has 0 aliphatic heterocycles. The summed E-state index contributed by atoms with van der Waals surface area (Å²) < 4.78 is 5.21. The van der Waals surface area contributed by atoms with Crippen molar-refractivity contribution in [2.45, 2.75) is 38.3 Å². The zero-order valence-corrected chi connectivity index (χ0v) is 16.7. The largest absolute Gasteiger partial charge is 0.497 e. The number of benzene rings is 2. The Morgan fingerprint density at radius 1 is 1.07 bits per heavy atom. The maximum Gasteiger partial charge on any atom is 0.226 e. The van der Waals surface area contributed by atoms with Gasteiger partial charge in [0.25, 0.3) is 0 Å². The van der Waals surface area contributed by atoms with E-state index in [4.69, 9.17) is 10.5 Å². The van der Waals surface area contributed by atoms with Gasteiger partial charge >= 0.3 is 0 Å². The van der Waals surface area contributed by atoms with Gasteiger partial charge < -0.3 is 15.4 Å². The van der Waals surface area contributed by atoms with Crippen LogP contribution in [0.15, 0.2) is 54.6 Å². The Balaban J connectivity index is 0.00000261. The van der Waals surface area contributed by atoms with Crippen LogP contribution in [0.1, 0.15) is 30.4 Å². The number of carbonyl (C=O) groups is 1. The minimum atomic E-state index is 0. The molecule has 2 aromatic rings. The summed E-state index contributed by atoms with van der Waals surface area (Å²) in [7, 11) is 1.67. The van der Waals surface area contributed by atoms with Gasteiger partial charge in [-0.05, 0) is 48.9 Å². The van der Waals surface area contributed by atoms with Crippen LogP contribution >= 0.6 is 12.4 Å². The van der Waals surface area contributed by atoms with Gasteiger partial charge in [-0.3, -0.25) is 4.79 Å². The highest BCUT2D eigenvalue weighted by Crippen LogP contribution is 2.27. The molecule has 2 N–H and O–H groups in total. The first-order valence-electron chi connectivity index (χ1n) is 9.37. The van der Waals surface area contributed by atoms with E-state index in [1.807, 2.05) is 35.2 Å². The number of rotatable bonds is 7. The Morgan fingerprint density at radius 2 is 1.78 bits per heavy atom. The van der Waals surface area contributed by atoms with Gasteiger partial charge in [-0.15, -0.1) is 12.4 Å². The SMILES string of the molecule is COc1ccc(CCN(Cc2ccccc2)C(=O)C2CCC(N)C2)cc1.Cl. The zero-order valence-electron chi connectivity index (χ0n) is 15.8. The van der Waals surface area contributed by atoms with Crippen LogP contribution in [0, 0.1) is 5.92 Å². The molecule has 0 bridgehead atoms. The van der Waals surface area contributed by atoms with Crippen molar-refractivity contribution in [2.24, 2.45) is 11.7 Å². The molecule has 5 heteroatoms. The average molecular weight is 389 g/mol. The van der Waals surface area contributed by atoms with Crippen LogP contribution in [0.4, 0.5) is 0 Å². The van der Waals surface area contributed by atoms with Crippen molar-refractivity contribution in [3.63, 3.8) is 0 Å². The first-order chi connectivity index (χ1) is 12.7. The standard InChI is InChI=1S/C22H28N2O2.ClH/c1-26-21-11-7-17(8-12-21)13-14-24(16-18-5-3-2-4-6-18)22(25)19-9-10-20(23)15-19;/h2-8,11-12,19-20H,9-10,13-16,23H2,1H3;1H. The lowest BCUT2D eigenvalue weighted by Gasteiger charge is -2.26. The summed E-state index contributed by atoms with van der Waals surface area (Å²) in [5.74, 6) is 1.17. The fourth-order valence-corrected chi connectivity index (χ4v) is 3.63. The number of methoxy groups -OCH3 is 1. The second kappa shape index (κ2) is 10.3. The van der Waals surface area contributed by atoms with E-state index >= 15 is 0 Å². The smallest absolute Gasteiger partial charge is 0.226 e. The third kappa shape index (κ3) is 5.98. The lowest BCUT2D eigenvalue weighted by atomic mass is 10.0. The van der Waals surface area contributed by atoms with Gasteiger partial charge in [-0.25, -0.2) is 0 Å². The zero-order chi connectivity index (χ0) is 18.4. The van der Waals surface area contributed by atoms with Crippen molar-refractivity contribution in [2.75, 3.05) is 13.7 Å². The molecule has 1 aliphatic rings. The molecule has 2 aromatic carbocycles. The van der Waals surface area contributed by atoms with Crippen molar-refractivity contribution in [1.29, 1.82) is 0 Å². The van der Waals surface area contributed by atoms with Gasteiger partial charge in [0.2, 0.25) is 5.91 Å². The number of ether oxygens (including phenoxy) is 1. The van der Waals surface area contributed by atoms with Gasteiger partial charge in [0.1, 0.15) is 5.75 Å². The molecular formula is C22H29ClN2O2. The number of nitrogens with two attached hydrogens (primary N) is 1. The van der Waals surface area contributed by atoms with Crippen LogP contribution in [-0.2, 0) is 17.8 Å². The summed E-state index contributed by atoms with van der Waals surface area (Å²) in [4.78, 5) is 15.1. The van der Waals surface area contributed by atoms with Crippen LogP contribution in [0.5, 0.6) is 5.75 Å². The Bertz CT molecular complexity index is 706. The molecule has 146 valence electrons. The van der Waals surface area contributed by atoms with Crippen molar-refractivity contribution in [1.82, 2.24) is 4.90 Å². The second-order valence-electron chi connectivity index (χ2n) is 7.11. The average Bonchev–Trinajstić information content (AvgIpc) is 3.12. The van der Waals surface area contributed by atoms with E-state index in [0.717, 1.165) is 37.0 Å². The third-order valence-electron chi connectivity index (χ3n) is 5.18. The number of hydrogen-bond acceptors (Lipinski definition) is 3. The van der Waals surface area contributed by atoms with Crippen LogP contribution in [-0.4, -0.2) is 30.5 Å². The lowest BCUT2D eigenvalue weighted by Crippen LogP contribution is -2.37. The molecule has 1 fully saturated rings. The molecular weight excluding hydrogens is 360 g/mol. The molecule has 0 radical (unpaired) electrons. The van der Waals surface area contributed by atoms with Crippen molar-refractivity contribution < 1.29 is 9.53 Å². The molecule has 0 heterocycles. The molecule has 2 atom stereocenters. The van der Waals surface area contributed by atoms with E-state index in [-0.39, 0.29) is 30.3 Å². The summed E-state index contributed by atoms with van der Waals surface area (Å²) in [5.41, 5.74) is 8.40. The summed E-state index contributed by atoms with van der Waals surface area (Å²) in [6, 6.07) is 18.4. The molecule has 1 amide bonds. The van der Waals surface area contributed by atoms with Crippen molar-refractivity contribution in [3.05, 3.63) is 65.7 Å². The molecule has 0 spiro atoms. The fourth-order valence-electron chi connectivity index (χ4n) is 3.63. The second-order valence-corrected chi connectivity index (χ2v) is 7.11. The molecule has 3 rings (SSSR count). The first kappa shape index (κ1) is 21.3. The number of halogens is 1. The maximum atomic E-state index is 13.1. The molecule has 1 saturated carbocycles. The van der Waals surface area contributed by atoms with Gasteiger partial charge in [-0.2, -0.15) is 0 Å². The topological polar surface area (TPSA) is 55.6 Å². The van der Waals surface area contributed by atoms with E-state index in [9.17, 15) is 4.79 Å². The van der Waals surface area contributed by atoms with Crippen molar-refractivity contribution >= 4 is 18.3 Å². The van der Waals surface area contributed by atoms with Crippen molar-refractivity contribution in [3.8, 4) is 5.75 Å². The molecule has 4 nitrogen and oxygen atoms in total. The van der Waals surface area contributed by atoms with Gasteiger partial charge in [-0.1, -0.05) is 42.5 Å². The van der Waals surface area contributed by atoms with Crippen LogP contribution in [0.25, 0.3) is 0 Å². The minimum Gasteiger partial charge on any atom is -0.497 e. The monoisotopic (exact) mass is 388 g/mol. The highest BCUT2D eigenvalue weighted by molar-refractivity contribution is 5.85. The number of hydrogen-bond donors (Lipinski definition) is 1.